The molecule has 0 aliphatic carbocycles. The minimum absolute atomic E-state index is 0.0753. The molecule has 0 bridgehead atoms. The molecule has 0 radical (unpaired) electrons. The molecule has 144 valence electrons. The van der Waals surface area contributed by atoms with E-state index in [1.807, 2.05) is 0 Å². The lowest BCUT2D eigenvalue weighted by Gasteiger charge is -2.16. The number of thioether (sulfide) groups is 1. The molecule has 0 saturated carbocycles. The molecule has 8 heteroatoms. The molecule has 1 aromatic heterocycles. The highest BCUT2D eigenvalue weighted by atomic mass is 35.5. The van der Waals surface area contributed by atoms with Gasteiger partial charge in [0.05, 0.1) is 16.7 Å². The summed E-state index contributed by atoms with van der Waals surface area (Å²) in [5.74, 6) is 0.139. The van der Waals surface area contributed by atoms with Crippen molar-refractivity contribution < 1.29 is 9.59 Å². The predicted octanol–water partition coefficient (Wildman–Crippen LogP) is 3.34. The molecule has 2 aromatic rings. The van der Waals surface area contributed by atoms with Crippen molar-refractivity contribution in [1.29, 1.82) is 0 Å². The number of halogens is 1. The van der Waals surface area contributed by atoms with E-state index in [2.05, 4.69) is 18.8 Å². The van der Waals surface area contributed by atoms with E-state index in [1.54, 1.807) is 22.8 Å². The first kappa shape index (κ1) is 19.9. The van der Waals surface area contributed by atoms with Gasteiger partial charge in [-0.25, -0.2) is 4.98 Å². The summed E-state index contributed by atoms with van der Waals surface area (Å²) in [7, 11) is 0. The Hall–Kier alpha value is -1.86. The number of fused-ring (bicyclic) bond motifs is 1. The Balaban J connectivity index is 1.91. The van der Waals surface area contributed by atoms with Gasteiger partial charge in [-0.15, -0.1) is 0 Å². The summed E-state index contributed by atoms with van der Waals surface area (Å²) in [6.45, 7) is 5.18. The molecule has 1 aromatic carbocycles. The van der Waals surface area contributed by atoms with Gasteiger partial charge in [0, 0.05) is 24.5 Å². The number of carbonyl (C=O) groups is 2. The monoisotopic (exact) mass is 407 g/mol. The number of imide groups is 1. The predicted molar refractivity (Wildman–Crippen MR) is 107 cm³/mol. The van der Waals surface area contributed by atoms with Crippen LogP contribution in [0.1, 0.15) is 33.1 Å². The first-order valence-electron chi connectivity index (χ1n) is 9.03. The lowest BCUT2D eigenvalue weighted by atomic mass is 10.1. The topological polar surface area (TPSA) is 72.3 Å². The largest absolute Gasteiger partial charge is 0.287 e. The molecule has 0 N–H and O–H groups in total. The molecule has 0 unspecified atom stereocenters. The summed E-state index contributed by atoms with van der Waals surface area (Å²) >= 11 is 7.24. The van der Waals surface area contributed by atoms with E-state index >= 15 is 0 Å². The van der Waals surface area contributed by atoms with Gasteiger partial charge in [0.15, 0.2) is 5.16 Å². The van der Waals surface area contributed by atoms with Gasteiger partial charge < -0.3 is 0 Å². The van der Waals surface area contributed by atoms with Crippen LogP contribution >= 0.6 is 23.4 Å². The zero-order valence-electron chi connectivity index (χ0n) is 15.4. The van der Waals surface area contributed by atoms with Crippen LogP contribution in [0.3, 0.4) is 0 Å². The molecule has 2 heterocycles. The molecule has 1 fully saturated rings. The fourth-order valence-electron chi connectivity index (χ4n) is 2.98. The fraction of sp³-hybridized carbons (Fsp3) is 0.474. The Bertz CT molecular complexity index is 942. The Kier molecular flexibility index (Phi) is 6.22. The lowest BCUT2D eigenvalue weighted by molar-refractivity contribution is -0.140. The van der Waals surface area contributed by atoms with Gasteiger partial charge in [-0.1, -0.05) is 37.2 Å². The van der Waals surface area contributed by atoms with Crippen molar-refractivity contribution in [2.45, 2.75) is 44.8 Å². The highest BCUT2D eigenvalue weighted by molar-refractivity contribution is 7.99. The van der Waals surface area contributed by atoms with Gasteiger partial charge in [-0.3, -0.25) is 23.9 Å². The number of carbonyl (C=O) groups excluding carboxylic acids is 2. The van der Waals surface area contributed by atoms with Crippen LogP contribution in [0.15, 0.2) is 28.2 Å². The Morgan fingerprint density at radius 3 is 2.78 bits per heavy atom. The molecule has 3 rings (SSSR count). The molecule has 2 amide bonds. The van der Waals surface area contributed by atoms with Gasteiger partial charge in [0.1, 0.15) is 0 Å². The van der Waals surface area contributed by atoms with E-state index in [0.29, 0.717) is 52.9 Å². The summed E-state index contributed by atoms with van der Waals surface area (Å²) in [6.07, 6.45) is 1.95. The smallest absolute Gasteiger partial charge is 0.262 e. The maximum Gasteiger partial charge on any atom is 0.262 e. The summed E-state index contributed by atoms with van der Waals surface area (Å²) in [6, 6.07) is 5.01. The minimum atomic E-state index is -0.238. The molecule has 6 nitrogen and oxygen atoms in total. The summed E-state index contributed by atoms with van der Waals surface area (Å²) < 4.78 is 1.62. The van der Waals surface area contributed by atoms with E-state index in [4.69, 9.17) is 11.6 Å². The number of rotatable bonds is 6. The summed E-state index contributed by atoms with van der Waals surface area (Å²) in [5.41, 5.74) is 0.380. The van der Waals surface area contributed by atoms with Crippen molar-refractivity contribution in [3.63, 3.8) is 0 Å². The number of amides is 2. The van der Waals surface area contributed by atoms with E-state index in [9.17, 15) is 14.4 Å². The lowest BCUT2D eigenvalue weighted by Crippen LogP contribution is -2.33. The molecule has 1 saturated heterocycles. The fourth-order valence-corrected chi connectivity index (χ4v) is 4.05. The third kappa shape index (κ3) is 4.52. The molecule has 0 atom stereocenters. The number of nitrogens with zero attached hydrogens (tertiary/aromatic N) is 3. The molecular formula is C19H22ClN3O3S. The third-order valence-electron chi connectivity index (χ3n) is 4.51. The van der Waals surface area contributed by atoms with Crippen molar-refractivity contribution in [2.75, 3.05) is 12.3 Å². The highest BCUT2D eigenvalue weighted by Gasteiger charge is 2.26. The Morgan fingerprint density at radius 2 is 2.11 bits per heavy atom. The maximum absolute atomic E-state index is 12.9. The second-order valence-corrected chi connectivity index (χ2v) is 8.41. The average Bonchev–Trinajstić information content (AvgIpc) is 3.04. The van der Waals surface area contributed by atoms with E-state index in [0.717, 1.165) is 6.42 Å². The number of benzene rings is 1. The quantitative estimate of drug-likeness (QED) is 0.542. The van der Waals surface area contributed by atoms with E-state index < -0.39 is 0 Å². The van der Waals surface area contributed by atoms with Crippen LogP contribution < -0.4 is 5.56 Å². The number of aromatic nitrogens is 2. The van der Waals surface area contributed by atoms with Crippen molar-refractivity contribution in [3.05, 3.63) is 33.6 Å². The van der Waals surface area contributed by atoms with Crippen LogP contribution in [-0.4, -0.2) is 38.6 Å². The van der Waals surface area contributed by atoms with Crippen molar-refractivity contribution in [3.8, 4) is 0 Å². The normalized spacial score (nSPS) is 14.5. The third-order valence-corrected chi connectivity index (χ3v) is 5.71. The summed E-state index contributed by atoms with van der Waals surface area (Å²) in [5, 5.41) is 1.49. The van der Waals surface area contributed by atoms with Crippen LogP contribution in [0.2, 0.25) is 5.02 Å². The van der Waals surface area contributed by atoms with E-state index in [1.165, 1.54) is 16.7 Å². The van der Waals surface area contributed by atoms with Gasteiger partial charge in [-0.2, -0.15) is 0 Å². The number of hydrogen-bond donors (Lipinski definition) is 0. The zero-order valence-corrected chi connectivity index (χ0v) is 17.0. The number of hydrogen-bond acceptors (Lipinski definition) is 5. The molecule has 1 aliphatic rings. The van der Waals surface area contributed by atoms with E-state index in [-0.39, 0.29) is 23.1 Å². The van der Waals surface area contributed by atoms with Crippen LogP contribution in [0.4, 0.5) is 0 Å². The SMILES string of the molecule is CC(C)CCn1c(SCC(=O)N2CCCC2=O)nc2cc(Cl)ccc2c1=O. The van der Waals surface area contributed by atoms with Crippen LogP contribution in [0.5, 0.6) is 0 Å². The Morgan fingerprint density at radius 1 is 1.33 bits per heavy atom. The van der Waals surface area contributed by atoms with Crippen LogP contribution in [0, 0.1) is 5.92 Å². The highest BCUT2D eigenvalue weighted by Crippen LogP contribution is 2.22. The first-order valence-corrected chi connectivity index (χ1v) is 10.4. The Labute approximate surface area is 166 Å². The van der Waals surface area contributed by atoms with Crippen LogP contribution in [-0.2, 0) is 16.1 Å². The second-order valence-electron chi connectivity index (χ2n) is 7.03. The van der Waals surface area contributed by atoms with Gasteiger partial charge in [-0.05, 0) is 37.0 Å². The van der Waals surface area contributed by atoms with Gasteiger partial charge in [0.2, 0.25) is 11.8 Å². The zero-order chi connectivity index (χ0) is 19.6. The van der Waals surface area contributed by atoms with Crippen LogP contribution in [0.25, 0.3) is 10.9 Å². The molecular weight excluding hydrogens is 386 g/mol. The standard InChI is InChI=1S/C19H22ClN3O3S/c1-12(2)7-9-23-18(26)14-6-5-13(20)10-15(14)21-19(23)27-11-17(25)22-8-3-4-16(22)24/h5-6,10,12H,3-4,7-9,11H2,1-2H3. The second kappa shape index (κ2) is 8.44. The molecule has 0 spiro atoms. The summed E-state index contributed by atoms with van der Waals surface area (Å²) in [4.78, 5) is 42.9. The van der Waals surface area contributed by atoms with Gasteiger partial charge in [0.25, 0.3) is 5.56 Å². The minimum Gasteiger partial charge on any atom is -0.287 e. The van der Waals surface area contributed by atoms with Crippen molar-refractivity contribution in [1.82, 2.24) is 14.5 Å². The molecule has 1 aliphatic heterocycles. The molecule has 27 heavy (non-hydrogen) atoms. The van der Waals surface area contributed by atoms with Crippen molar-refractivity contribution in [2.24, 2.45) is 5.92 Å². The number of likely N-dealkylation sites (tertiary alicyclic amines) is 1. The first-order chi connectivity index (χ1) is 12.9. The van der Waals surface area contributed by atoms with Gasteiger partial charge >= 0.3 is 0 Å². The van der Waals surface area contributed by atoms with Crippen molar-refractivity contribution >= 4 is 46.1 Å². The average molecular weight is 408 g/mol. The maximum atomic E-state index is 12.9.